The molecule has 0 saturated heterocycles. The van der Waals surface area contributed by atoms with E-state index in [2.05, 4.69) is 0 Å². The number of rotatable bonds is 6. The maximum atomic E-state index is 13.6. The van der Waals surface area contributed by atoms with Crippen molar-refractivity contribution in [2.45, 2.75) is 12.2 Å². The molecule has 28 heavy (non-hydrogen) atoms. The van der Waals surface area contributed by atoms with Crippen molar-refractivity contribution in [3.05, 3.63) is 69.4 Å². The van der Waals surface area contributed by atoms with Gasteiger partial charge < -0.3 is 10.2 Å². The van der Waals surface area contributed by atoms with Crippen molar-refractivity contribution in [2.24, 2.45) is 0 Å². The summed E-state index contributed by atoms with van der Waals surface area (Å²) in [4.78, 5) is 10.6. The van der Waals surface area contributed by atoms with E-state index in [1.807, 2.05) is 0 Å². The molecule has 0 fully saturated rings. The minimum atomic E-state index is -4.46. The van der Waals surface area contributed by atoms with E-state index in [9.17, 15) is 40.3 Å². The van der Waals surface area contributed by atoms with Crippen molar-refractivity contribution < 1.29 is 45.4 Å². The van der Waals surface area contributed by atoms with Gasteiger partial charge in [0, 0.05) is 16.5 Å². The van der Waals surface area contributed by atoms with Gasteiger partial charge in [-0.2, -0.15) is 0 Å². The topological polar surface area (TPSA) is 91.7 Å². The number of carboxylic acid groups (broad SMARTS) is 1. The van der Waals surface area contributed by atoms with Crippen LogP contribution in [0.2, 0.25) is 0 Å². The fraction of sp³-hybridized carbons (Fsp3) is 0.118. The highest BCUT2D eigenvalue weighted by atomic mass is 32.2. The predicted molar refractivity (Wildman–Crippen MR) is 87.3 cm³/mol. The summed E-state index contributed by atoms with van der Waals surface area (Å²) in [7, 11) is -4.46. The highest BCUT2D eigenvalue weighted by molar-refractivity contribution is 7.93. The second-order valence-electron chi connectivity index (χ2n) is 5.62. The largest absolute Gasteiger partial charge is 0.508 e. The van der Waals surface area contributed by atoms with E-state index in [-0.39, 0.29) is 11.1 Å². The van der Waals surface area contributed by atoms with Gasteiger partial charge >= 0.3 is 5.97 Å². The van der Waals surface area contributed by atoms with Crippen molar-refractivity contribution in [1.29, 1.82) is 0 Å². The van der Waals surface area contributed by atoms with Crippen molar-refractivity contribution >= 4 is 21.9 Å². The second kappa shape index (κ2) is 7.97. The Hall–Kier alpha value is -2.95. The van der Waals surface area contributed by atoms with E-state index in [1.54, 1.807) is 0 Å². The third-order valence-electron chi connectivity index (χ3n) is 3.57. The van der Waals surface area contributed by atoms with Crippen LogP contribution < -0.4 is 0 Å². The molecule has 0 aliphatic carbocycles. The molecule has 2 N–H and O–H groups in total. The Morgan fingerprint density at radius 3 is 2.00 bits per heavy atom. The van der Waals surface area contributed by atoms with Gasteiger partial charge in [-0.15, -0.1) is 0 Å². The molecule has 0 aromatic heterocycles. The summed E-state index contributed by atoms with van der Waals surface area (Å²) in [5.41, 5.74) is -1.35. The van der Waals surface area contributed by atoms with Crippen LogP contribution in [0.25, 0.3) is 6.08 Å². The minimum absolute atomic E-state index is 0.0638. The molecule has 2 rings (SSSR count). The zero-order chi connectivity index (χ0) is 21.2. The van der Waals surface area contributed by atoms with Crippen LogP contribution in [0.1, 0.15) is 16.7 Å². The van der Waals surface area contributed by atoms with Crippen LogP contribution in [0.5, 0.6) is 5.75 Å². The first kappa shape index (κ1) is 21.4. The number of carboxylic acids is 1. The average Bonchev–Trinajstić information content (AvgIpc) is 2.62. The Bertz CT molecular complexity index is 1050. The molecular formula is C17H11F5O5S. The van der Waals surface area contributed by atoms with E-state index in [1.165, 1.54) is 12.1 Å². The molecule has 0 bridgehead atoms. The smallest absolute Gasteiger partial charge is 0.307 e. The lowest BCUT2D eigenvalue weighted by molar-refractivity contribution is -0.136. The number of hydrogen-bond donors (Lipinski definition) is 2. The molecule has 0 heterocycles. The van der Waals surface area contributed by atoms with Gasteiger partial charge in [-0.3, -0.25) is 4.79 Å². The number of phenolic OH excluding ortho intramolecular Hbond substituents is 1. The molecule has 0 radical (unpaired) electrons. The fourth-order valence-corrected chi connectivity index (χ4v) is 3.32. The molecule has 150 valence electrons. The van der Waals surface area contributed by atoms with Crippen molar-refractivity contribution in [3.63, 3.8) is 0 Å². The third kappa shape index (κ3) is 4.66. The fourth-order valence-electron chi connectivity index (χ4n) is 2.21. The summed E-state index contributed by atoms with van der Waals surface area (Å²) < 4.78 is 90.5. The number of sulfone groups is 1. The Morgan fingerprint density at radius 2 is 1.50 bits per heavy atom. The highest BCUT2D eigenvalue weighted by Crippen LogP contribution is 2.25. The second-order valence-corrected chi connectivity index (χ2v) is 7.50. The summed E-state index contributed by atoms with van der Waals surface area (Å²) in [5.74, 6) is -14.5. The Morgan fingerprint density at radius 1 is 0.964 bits per heavy atom. The molecule has 0 aliphatic heterocycles. The SMILES string of the molecule is O=C(O)Cc1ccc(/C=C/S(=O)(=O)Cc2c(F)c(F)c(F)c(F)c2F)cc1O. The number of aromatic hydroxyl groups is 1. The van der Waals surface area contributed by atoms with Gasteiger partial charge in [0.05, 0.1) is 12.2 Å². The number of hydrogen-bond acceptors (Lipinski definition) is 4. The predicted octanol–water partition coefficient (Wildman–Crippen LogP) is 3.30. The van der Waals surface area contributed by atoms with Gasteiger partial charge in [0.25, 0.3) is 0 Å². The Balaban J connectivity index is 2.30. The summed E-state index contributed by atoms with van der Waals surface area (Å²) in [6.45, 7) is 0. The first-order chi connectivity index (χ1) is 12.9. The summed E-state index contributed by atoms with van der Waals surface area (Å²) in [5, 5.41) is 18.8. The third-order valence-corrected chi connectivity index (χ3v) is 4.81. The lowest BCUT2D eigenvalue weighted by Gasteiger charge is -2.07. The molecule has 0 spiro atoms. The Kier molecular flexibility index (Phi) is 6.07. The minimum Gasteiger partial charge on any atom is -0.508 e. The van der Waals surface area contributed by atoms with Crippen molar-refractivity contribution in [3.8, 4) is 5.75 Å². The molecule has 0 aliphatic rings. The summed E-state index contributed by atoms with van der Waals surface area (Å²) in [6, 6.07) is 3.53. The van der Waals surface area contributed by atoms with Gasteiger partial charge in [0.1, 0.15) is 5.75 Å². The van der Waals surface area contributed by atoms with E-state index >= 15 is 0 Å². The number of phenols is 1. The first-order valence-corrected chi connectivity index (χ1v) is 9.09. The molecule has 2 aromatic rings. The van der Waals surface area contributed by atoms with Gasteiger partial charge in [-0.25, -0.2) is 30.4 Å². The van der Waals surface area contributed by atoms with Crippen LogP contribution in [0.15, 0.2) is 23.6 Å². The maximum absolute atomic E-state index is 13.6. The number of benzene rings is 2. The van der Waals surface area contributed by atoms with Crippen LogP contribution in [-0.2, 0) is 26.8 Å². The molecule has 0 amide bonds. The highest BCUT2D eigenvalue weighted by Gasteiger charge is 2.28. The van der Waals surface area contributed by atoms with Crippen LogP contribution in [0.4, 0.5) is 22.0 Å². The molecule has 11 heteroatoms. The number of carbonyl (C=O) groups is 1. The first-order valence-electron chi connectivity index (χ1n) is 7.37. The molecule has 0 unspecified atom stereocenters. The van der Waals surface area contributed by atoms with Gasteiger partial charge in [-0.05, 0) is 17.7 Å². The van der Waals surface area contributed by atoms with Crippen LogP contribution >= 0.6 is 0 Å². The summed E-state index contributed by atoms with van der Waals surface area (Å²) in [6.07, 6.45) is 0.431. The van der Waals surface area contributed by atoms with Gasteiger partial charge in [0.2, 0.25) is 5.82 Å². The van der Waals surface area contributed by atoms with E-state index in [4.69, 9.17) is 5.11 Å². The zero-order valence-electron chi connectivity index (χ0n) is 13.7. The zero-order valence-corrected chi connectivity index (χ0v) is 14.5. The Labute approximate surface area is 155 Å². The van der Waals surface area contributed by atoms with Crippen molar-refractivity contribution in [1.82, 2.24) is 0 Å². The maximum Gasteiger partial charge on any atom is 0.307 e. The lowest BCUT2D eigenvalue weighted by atomic mass is 10.1. The molecule has 5 nitrogen and oxygen atoms in total. The normalized spacial score (nSPS) is 11.9. The van der Waals surface area contributed by atoms with Crippen LogP contribution in [0.3, 0.4) is 0 Å². The van der Waals surface area contributed by atoms with Crippen LogP contribution in [0, 0.1) is 29.1 Å². The van der Waals surface area contributed by atoms with Crippen molar-refractivity contribution in [2.75, 3.05) is 0 Å². The average molecular weight is 422 g/mol. The molecular weight excluding hydrogens is 411 g/mol. The standard InChI is InChI=1S/C17H11F5O5S/c18-13-10(14(19)16(21)17(22)15(13)20)7-28(26,27)4-3-8-1-2-9(6-12(24)25)11(23)5-8/h1-5,23H,6-7H2,(H,24,25)/b4-3+. The van der Waals surface area contributed by atoms with Gasteiger partial charge in [-0.1, -0.05) is 12.1 Å². The van der Waals surface area contributed by atoms with Crippen LogP contribution in [-0.4, -0.2) is 24.6 Å². The van der Waals surface area contributed by atoms with E-state index in [0.717, 1.165) is 12.1 Å². The van der Waals surface area contributed by atoms with Gasteiger partial charge in [0.15, 0.2) is 33.1 Å². The quantitative estimate of drug-likeness (QED) is 0.424. The number of halogens is 5. The lowest BCUT2D eigenvalue weighted by Crippen LogP contribution is -2.11. The molecule has 0 atom stereocenters. The number of aliphatic carboxylic acids is 1. The van der Waals surface area contributed by atoms with E-state index in [0.29, 0.717) is 5.41 Å². The summed E-state index contributed by atoms with van der Waals surface area (Å²) >= 11 is 0. The van der Waals surface area contributed by atoms with E-state index < -0.39 is 68.4 Å². The molecule has 2 aromatic carbocycles. The molecule has 0 saturated carbocycles. The monoisotopic (exact) mass is 422 g/mol.